The highest BCUT2D eigenvalue weighted by Gasteiger charge is 2.10. The molecule has 0 radical (unpaired) electrons. The zero-order chi connectivity index (χ0) is 14.7. The van der Waals surface area contributed by atoms with Gasteiger partial charge >= 0.3 is 0 Å². The lowest BCUT2D eigenvalue weighted by Crippen LogP contribution is -2.04. The van der Waals surface area contributed by atoms with E-state index in [-0.39, 0.29) is 0 Å². The molecule has 20 heavy (non-hydrogen) atoms. The molecule has 0 aliphatic rings. The monoisotopic (exact) mass is 377 g/mol. The van der Waals surface area contributed by atoms with Gasteiger partial charge in [-0.15, -0.1) is 0 Å². The minimum absolute atomic E-state index is 0.308. The van der Waals surface area contributed by atoms with Gasteiger partial charge in [0.1, 0.15) is 23.9 Å². The van der Waals surface area contributed by atoms with Crippen LogP contribution < -0.4 is 10.1 Å². The summed E-state index contributed by atoms with van der Waals surface area (Å²) < 4.78 is 12.0. The standard InChI is InChI=1S/C14H14BrCl2NO2/c1-8-9(6-18-2)3-10(20-8)7-19-14-5-12(16)11(15)4-13(14)17/h3-5,18H,6-7H2,1-2H3. The van der Waals surface area contributed by atoms with Crippen LogP contribution in [0.15, 0.2) is 27.1 Å². The Morgan fingerprint density at radius 3 is 2.70 bits per heavy atom. The summed E-state index contributed by atoms with van der Waals surface area (Å²) in [6, 6.07) is 5.36. The Morgan fingerprint density at radius 2 is 2.00 bits per heavy atom. The molecule has 0 spiro atoms. The number of hydrogen-bond acceptors (Lipinski definition) is 3. The van der Waals surface area contributed by atoms with E-state index in [9.17, 15) is 0 Å². The summed E-state index contributed by atoms with van der Waals surface area (Å²) in [5, 5.41) is 4.14. The van der Waals surface area contributed by atoms with Crippen molar-refractivity contribution in [3.8, 4) is 5.75 Å². The molecule has 1 N–H and O–H groups in total. The predicted octanol–water partition coefficient (Wildman–Crippen LogP) is 4.96. The largest absolute Gasteiger partial charge is 0.484 e. The summed E-state index contributed by atoms with van der Waals surface area (Å²) in [5.74, 6) is 2.17. The number of furan rings is 1. The first-order valence-corrected chi connectivity index (χ1v) is 7.56. The van der Waals surface area contributed by atoms with Crippen molar-refractivity contribution in [2.75, 3.05) is 7.05 Å². The van der Waals surface area contributed by atoms with Crippen LogP contribution in [0.25, 0.3) is 0 Å². The lowest BCUT2D eigenvalue weighted by Gasteiger charge is -2.08. The Morgan fingerprint density at radius 1 is 1.25 bits per heavy atom. The molecule has 0 fully saturated rings. The summed E-state index contributed by atoms with van der Waals surface area (Å²) in [7, 11) is 1.90. The van der Waals surface area contributed by atoms with E-state index >= 15 is 0 Å². The number of halogens is 3. The molecule has 0 saturated heterocycles. The molecule has 3 nitrogen and oxygen atoms in total. The van der Waals surface area contributed by atoms with E-state index < -0.39 is 0 Å². The van der Waals surface area contributed by atoms with Crippen LogP contribution in [-0.2, 0) is 13.2 Å². The summed E-state index contributed by atoms with van der Waals surface area (Å²) in [5.41, 5.74) is 1.12. The summed E-state index contributed by atoms with van der Waals surface area (Å²) >= 11 is 15.4. The van der Waals surface area contributed by atoms with E-state index in [1.165, 1.54) is 0 Å². The molecule has 0 aliphatic heterocycles. The molecule has 2 rings (SSSR count). The zero-order valence-corrected chi connectivity index (χ0v) is 14.2. The van der Waals surface area contributed by atoms with Crippen LogP contribution in [-0.4, -0.2) is 7.05 Å². The van der Waals surface area contributed by atoms with Crippen molar-refractivity contribution in [1.29, 1.82) is 0 Å². The van der Waals surface area contributed by atoms with Crippen molar-refractivity contribution < 1.29 is 9.15 Å². The van der Waals surface area contributed by atoms with Crippen molar-refractivity contribution in [3.63, 3.8) is 0 Å². The van der Waals surface area contributed by atoms with Crippen LogP contribution in [0.5, 0.6) is 5.75 Å². The van der Waals surface area contributed by atoms with E-state index in [2.05, 4.69) is 21.2 Å². The van der Waals surface area contributed by atoms with Crippen molar-refractivity contribution in [1.82, 2.24) is 5.32 Å². The van der Waals surface area contributed by atoms with Gasteiger partial charge in [0, 0.05) is 22.6 Å². The number of aryl methyl sites for hydroxylation is 1. The molecule has 1 heterocycles. The van der Waals surface area contributed by atoms with Crippen LogP contribution in [0.2, 0.25) is 10.0 Å². The molecule has 0 atom stereocenters. The van der Waals surface area contributed by atoms with Gasteiger partial charge in [0.05, 0.1) is 10.0 Å². The molecule has 0 amide bonds. The summed E-state index contributed by atoms with van der Waals surface area (Å²) in [4.78, 5) is 0. The molecule has 0 bridgehead atoms. The maximum atomic E-state index is 6.10. The number of hydrogen-bond donors (Lipinski definition) is 1. The molecule has 0 aliphatic carbocycles. The smallest absolute Gasteiger partial charge is 0.146 e. The molecular formula is C14H14BrCl2NO2. The SMILES string of the molecule is CNCc1cc(COc2cc(Cl)c(Br)cc2Cl)oc1C. The second kappa shape index (κ2) is 6.85. The number of benzene rings is 1. The van der Waals surface area contributed by atoms with E-state index in [0.717, 1.165) is 28.1 Å². The molecule has 0 saturated carbocycles. The third-order valence-electron chi connectivity index (χ3n) is 2.78. The van der Waals surface area contributed by atoms with Gasteiger partial charge in [0.25, 0.3) is 0 Å². The van der Waals surface area contributed by atoms with Gasteiger partial charge in [0.15, 0.2) is 0 Å². The van der Waals surface area contributed by atoms with Crippen molar-refractivity contribution >= 4 is 39.1 Å². The molecular weight excluding hydrogens is 365 g/mol. The minimum atomic E-state index is 0.308. The quantitative estimate of drug-likeness (QED) is 0.747. The van der Waals surface area contributed by atoms with Crippen LogP contribution in [0.1, 0.15) is 17.1 Å². The first kappa shape index (κ1) is 15.7. The first-order valence-electron chi connectivity index (χ1n) is 6.01. The van der Waals surface area contributed by atoms with E-state index in [0.29, 0.717) is 22.4 Å². The van der Waals surface area contributed by atoms with E-state index in [1.54, 1.807) is 12.1 Å². The van der Waals surface area contributed by atoms with Gasteiger partial charge in [0.2, 0.25) is 0 Å². The molecule has 108 valence electrons. The Hall–Kier alpha value is -0.680. The minimum Gasteiger partial charge on any atom is -0.484 e. The average molecular weight is 379 g/mol. The fourth-order valence-corrected chi connectivity index (χ4v) is 2.64. The highest BCUT2D eigenvalue weighted by atomic mass is 79.9. The third kappa shape index (κ3) is 3.70. The maximum Gasteiger partial charge on any atom is 0.146 e. The van der Waals surface area contributed by atoms with Gasteiger partial charge in [-0.3, -0.25) is 0 Å². The molecule has 1 aromatic heterocycles. The Balaban J connectivity index is 2.09. The average Bonchev–Trinajstić information content (AvgIpc) is 2.74. The topological polar surface area (TPSA) is 34.4 Å². The van der Waals surface area contributed by atoms with Gasteiger partial charge in [-0.1, -0.05) is 23.2 Å². The fourth-order valence-electron chi connectivity index (χ4n) is 1.79. The van der Waals surface area contributed by atoms with Crippen molar-refractivity contribution in [3.05, 3.63) is 49.8 Å². The maximum absolute atomic E-state index is 6.10. The van der Waals surface area contributed by atoms with Gasteiger partial charge in [-0.05, 0) is 42.0 Å². The molecule has 0 unspecified atom stereocenters. The van der Waals surface area contributed by atoms with Gasteiger partial charge < -0.3 is 14.5 Å². The van der Waals surface area contributed by atoms with E-state index in [1.807, 2.05) is 20.0 Å². The highest BCUT2D eigenvalue weighted by Crippen LogP contribution is 2.34. The van der Waals surface area contributed by atoms with E-state index in [4.69, 9.17) is 32.4 Å². The number of nitrogens with one attached hydrogen (secondary N) is 1. The summed E-state index contributed by atoms with van der Waals surface area (Å²) in [6.45, 7) is 3.00. The lowest BCUT2D eigenvalue weighted by molar-refractivity contribution is 0.267. The van der Waals surface area contributed by atoms with Crippen LogP contribution in [0.3, 0.4) is 0 Å². The van der Waals surface area contributed by atoms with Crippen molar-refractivity contribution in [2.45, 2.75) is 20.1 Å². The van der Waals surface area contributed by atoms with Gasteiger partial charge in [-0.2, -0.15) is 0 Å². The highest BCUT2D eigenvalue weighted by molar-refractivity contribution is 9.10. The van der Waals surface area contributed by atoms with Crippen molar-refractivity contribution in [2.24, 2.45) is 0 Å². The lowest BCUT2D eigenvalue weighted by atomic mass is 10.2. The number of ether oxygens (including phenoxy) is 1. The molecule has 2 aromatic rings. The Labute approximate surface area is 136 Å². The zero-order valence-electron chi connectivity index (χ0n) is 11.1. The Bertz CT molecular complexity index is 613. The van der Waals surface area contributed by atoms with Crippen LogP contribution >= 0.6 is 39.1 Å². The molecule has 6 heteroatoms. The third-order valence-corrected chi connectivity index (χ3v) is 4.28. The normalized spacial score (nSPS) is 10.8. The second-order valence-corrected chi connectivity index (χ2v) is 5.98. The predicted molar refractivity (Wildman–Crippen MR) is 84.7 cm³/mol. The second-order valence-electron chi connectivity index (χ2n) is 4.31. The molecule has 1 aromatic carbocycles. The van der Waals surface area contributed by atoms with Crippen LogP contribution in [0.4, 0.5) is 0 Å². The van der Waals surface area contributed by atoms with Crippen LogP contribution in [0, 0.1) is 6.92 Å². The number of rotatable bonds is 5. The van der Waals surface area contributed by atoms with Gasteiger partial charge in [-0.25, -0.2) is 0 Å². The summed E-state index contributed by atoms with van der Waals surface area (Å²) in [6.07, 6.45) is 0. The fraction of sp³-hybridized carbons (Fsp3) is 0.286. The first-order chi connectivity index (χ1) is 9.51. The Kier molecular flexibility index (Phi) is 5.38.